The molecule has 1 aromatic rings. The summed E-state index contributed by atoms with van der Waals surface area (Å²) in [6.45, 7) is 2.97. The van der Waals surface area contributed by atoms with Crippen LogP contribution < -0.4 is 5.32 Å². The molecule has 4 heteroatoms. The monoisotopic (exact) mass is 262 g/mol. The molecule has 0 amide bonds. The quantitative estimate of drug-likeness (QED) is 0.767. The van der Waals surface area contributed by atoms with Crippen LogP contribution in [0.15, 0.2) is 18.3 Å². The van der Waals surface area contributed by atoms with E-state index in [9.17, 15) is 4.79 Å². The van der Waals surface area contributed by atoms with E-state index in [1.165, 1.54) is 26.4 Å². The van der Waals surface area contributed by atoms with Crippen molar-refractivity contribution in [2.24, 2.45) is 5.92 Å². The first-order chi connectivity index (χ1) is 9.22. The van der Waals surface area contributed by atoms with E-state index >= 15 is 0 Å². The van der Waals surface area contributed by atoms with Crippen LogP contribution in [0.2, 0.25) is 0 Å². The topological polar surface area (TPSA) is 51.2 Å². The molecule has 2 rings (SSSR count). The van der Waals surface area contributed by atoms with Gasteiger partial charge in [-0.25, -0.2) is 4.79 Å². The molecular weight excluding hydrogens is 240 g/mol. The number of hydrogen-bond donors (Lipinski definition) is 1. The number of ether oxygens (including phenoxy) is 1. The van der Waals surface area contributed by atoms with Gasteiger partial charge in [-0.05, 0) is 30.9 Å². The van der Waals surface area contributed by atoms with Gasteiger partial charge >= 0.3 is 5.97 Å². The van der Waals surface area contributed by atoms with Gasteiger partial charge in [0.05, 0.1) is 18.4 Å². The highest BCUT2D eigenvalue weighted by Gasteiger charge is 2.24. The van der Waals surface area contributed by atoms with Crippen LogP contribution in [0.25, 0.3) is 0 Å². The molecule has 1 heterocycles. The maximum Gasteiger partial charge on any atom is 0.339 e. The molecule has 1 aromatic heterocycles. The van der Waals surface area contributed by atoms with Crippen LogP contribution in [0.4, 0.5) is 0 Å². The van der Waals surface area contributed by atoms with Crippen LogP contribution in [-0.4, -0.2) is 24.1 Å². The molecule has 19 heavy (non-hydrogen) atoms. The summed E-state index contributed by atoms with van der Waals surface area (Å²) in [6, 6.07) is 4.22. The first-order valence-electron chi connectivity index (χ1n) is 6.99. The Morgan fingerprint density at radius 2 is 2.32 bits per heavy atom. The number of pyridine rings is 1. The number of carbonyl (C=O) groups is 1. The van der Waals surface area contributed by atoms with E-state index in [0.29, 0.717) is 11.6 Å². The molecule has 0 bridgehead atoms. The van der Waals surface area contributed by atoms with Gasteiger partial charge in [-0.1, -0.05) is 19.8 Å². The first-order valence-corrected chi connectivity index (χ1v) is 6.99. The lowest BCUT2D eigenvalue weighted by molar-refractivity contribution is 0.0600. The van der Waals surface area contributed by atoms with Gasteiger partial charge in [-0.15, -0.1) is 0 Å². The predicted octanol–water partition coefficient (Wildman–Crippen LogP) is 2.54. The van der Waals surface area contributed by atoms with Crippen LogP contribution in [0.5, 0.6) is 0 Å². The van der Waals surface area contributed by atoms with Gasteiger partial charge in [0, 0.05) is 18.8 Å². The van der Waals surface area contributed by atoms with E-state index in [1.54, 1.807) is 12.3 Å². The number of carbonyl (C=O) groups excluding carboxylic acids is 1. The maximum absolute atomic E-state index is 11.3. The van der Waals surface area contributed by atoms with Gasteiger partial charge in [-0.2, -0.15) is 0 Å². The minimum atomic E-state index is -0.341. The molecule has 1 unspecified atom stereocenters. The van der Waals surface area contributed by atoms with E-state index in [1.807, 2.05) is 6.07 Å². The molecule has 1 N–H and O–H groups in total. The summed E-state index contributed by atoms with van der Waals surface area (Å²) in [5.41, 5.74) is 1.46. The Morgan fingerprint density at radius 3 is 2.84 bits per heavy atom. The van der Waals surface area contributed by atoms with E-state index < -0.39 is 0 Å². The number of methoxy groups -OCH3 is 1. The molecule has 1 fully saturated rings. The average Bonchev–Trinajstić information content (AvgIpc) is 3.27. The van der Waals surface area contributed by atoms with E-state index in [2.05, 4.69) is 22.0 Å². The fraction of sp³-hybridized carbons (Fsp3) is 0.600. The van der Waals surface area contributed by atoms with Gasteiger partial charge in [0.1, 0.15) is 0 Å². The summed E-state index contributed by atoms with van der Waals surface area (Å²) in [6.07, 6.45) is 6.78. The molecule has 0 aromatic carbocycles. The fourth-order valence-electron chi connectivity index (χ4n) is 2.17. The Labute approximate surface area is 114 Å². The SMILES string of the molecule is CCC(CC1CC1)NCc1ccc(C(=O)OC)cn1. The molecule has 104 valence electrons. The van der Waals surface area contributed by atoms with Gasteiger partial charge in [0.2, 0.25) is 0 Å². The maximum atomic E-state index is 11.3. The molecule has 1 aliphatic rings. The Bertz CT molecular complexity index is 413. The van der Waals surface area contributed by atoms with E-state index in [-0.39, 0.29) is 5.97 Å². The van der Waals surface area contributed by atoms with Crippen LogP contribution in [-0.2, 0) is 11.3 Å². The van der Waals surface area contributed by atoms with Gasteiger partial charge in [-0.3, -0.25) is 4.98 Å². The largest absolute Gasteiger partial charge is 0.465 e. The Balaban J connectivity index is 1.82. The molecule has 4 nitrogen and oxygen atoms in total. The zero-order chi connectivity index (χ0) is 13.7. The smallest absolute Gasteiger partial charge is 0.339 e. The second kappa shape index (κ2) is 6.66. The second-order valence-corrected chi connectivity index (χ2v) is 5.19. The first kappa shape index (κ1) is 14.0. The number of aromatic nitrogens is 1. The van der Waals surface area contributed by atoms with Crippen LogP contribution in [0, 0.1) is 5.92 Å². The standard InChI is InChI=1S/C15H22N2O2/c1-3-13(8-11-4-5-11)17-10-14-7-6-12(9-16-14)15(18)19-2/h6-7,9,11,13,17H,3-5,8,10H2,1-2H3. The van der Waals surface area contributed by atoms with Crippen LogP contribution in [0.1, 0.15) is 48.7 Å². The lowest BCUT2D eigenvalue weighted by Gasteiger charge is -2.16. The highest BCUT2D eigenvalue weighted by molar-refractivity contribution is 5.88. The predicted molar refractivity (Wildman–Crippen MR) is 73.8 cm³/mol. The van der Waals surface area contributed by atoms with E-state index in [4.69, 9.17) is 0 Å². The highest BCUT2D eigenvalue weighted by atomic mass is 16.5. The fourth-order valence-corrected chi connectivity index (χ4v) is 2.17. The Hall–Kier alpha value is -1.42. The third-order valence-electron chi connectivity index (χ3n) is 3.63. The van der Waals surface area contributed by atoms with Gasteiger partial charge < -0.3 is 10.1 Å². The van der Waals surface area contributed by atoms with Crippen molar-refractivity contribution in [1.82, 2.24) is 10.3 Å². The van der Waals surface area contributed by atoms with Gasteiger partial charge in [0.15, 0.2) is 0 Å². The third kappa shape index (κ3) is 4.31. The summed E-state index contributed by atoms with van der Waals surface area (Å²) in [5, 5.41) is 3.54. The number of rotatable bonds is 7. The molecule has 0 radical (unpaired) electrons. The highest BCUT2D eigenvalue weighted by Crippen LogP contribution is 2.34. The third-order valence-corrected chi connectivity index (χ3v) is 3.63. The van der Waals surface area contributed by atoms with Crippen molar-refractivity contribution in [3.8, 4) is 0 Å². The normalized spacial score (nSPS) is 16.1. The van der Waals surface area contributed by atoms with Crippen LogP contribution >= 0.6 is 0 Å². The zero-order valence-corrected chi connectivity index (χ0v) is 11.7. The second-order valence-electron chi connectivity index (χ2n) is 5.19. The zero-order valence-electron chi connectivity index (χ0n) is 11.7. The van der Waals surface area contributed by atoms with Crippen molar-refractivity contribution in [3.63, 3.8) is 0 Å². The van der Waals surface area contributed by atoms with Crippen molar-refractivity contribution in [3.05, 3.63) is 29.6 Å². The van der Waals surface area contributed by atoms with Crippen molar-refractivity contribution >= 4 is 5.97 Å². The molecule has 1 atom stereocenters. The number of hydrogen-bond acceptors (Lipinski definition) is 4. The molecule has 1 aliphatic carbocycles. The van der Waals surface area contributed by atoms with Crippen molar-refractivity contribution in [2.75, 3.05) is 7.11 Å². The lowest BCUT2D eigenvalue weighted by atomic mass is 10.1. The molecular formula is C15H22N2O2. The van der Waals surface area contributed by atoms with Crippen molar-refractivity contribution in [2.45, 2.75) is 45.2 Å². The minimum Gasteiger partial charge on any atom is -0.465 e. The summed E-state index contributed by atoms with van der Waals surface area (Å²) in [5.74, 6) is 0.597. The summed E-state index contributed by atoms with van der Waals surface area (Å²) < 4.78 is 4.65. The number of nitrogens with one attached hydrogen (secondary N) is 1. The van der Waals surface area contributed by atoms with Gasteiger partial charge in [0.25, 0.3) is 0 Å². The van der Waals surface area contributed by atoms with E-state index in [0.717, 1.165) is 24.6 Å². The number of esters is 1. The Morgan fingerprint density at radius 1 is 1.53 bits per heavy atom. The minimum absolute atomic E-state index is 0.341. The molecule has 0 aliphatic heterocycles. The average molecular weight is 262 g/mol. The lowest BCUT2D eigenvalue weighted by Crippen LogP contribution is -2.28. The molecule has 1 saturated carbocycles. The summed E-state index contributed by atoms with van der Waals surface area (Å²) >= 11 is 0. The molecule has 0 spiro atoms. The molecule has 0 saturated heterocycles. The van der Waals surface area contributed by atoms with Crippen molar-refractivity contribution < 1.29 is 9.53 Å². The Kier molecular flexibility index (Phi) is 4.91. The summed E-state index contributed by atoms with van der Waals surface area (Å²) in [7, 11) is 1.38. The summed E-state index contributed by atoms with van der Waals surface area (Å²) in [4.78, 5) is 15.6. The van der Waals surface area contributed by atoms with Crippen LogP contribution in [0.3, 0.4) is 0 Å². The number of nitrogens with zero attached hydrogens (tertiary/aromatic N) is 1. The van der Waals surface area contributed by atoms with Crippen molar-refractivity contribution in [1.29, 1.82) is 0 Å².